The summed E-state index contributed by atoms with van der Waals surface area (Å²) in [6.45, 7) is 16.9. The zero-order chi connectivity index (χ0) is 45.6. The molecular formula is C46H62N4O12. The number of anilines is 1. The van der Waals surface area contributed by atoms with Crippen LogP contribution in [0.5, 0.6) is 17.2 Å². The quantitative estimate of drug-likeness (QED) is 0.186. The number of nitrogens with zero attached hydrogens (tertiary/aromatic N) is 3. The molecule has 0 aliphatic carbocycles. The van der Waals surface area contributed by atoms with E-state index in [2.05, 4.69) is 29.1 Å². The van der Waals surface area contributed by atoms with Crippen molar-refractivity contribution in [3.8, 4) is 17.2 Å². The Morgan fingerprint density at radius 2 is 1.68 bits per heavy atom. The van der Waals surface area contributed by atoms with Crippen molar-refractivity contribution in [3.05, 3.63) is 58.0 Å². The van der Waals surface area contributed by atoms with Crippen molar-refractivity contribution < 1.29 is 58.9 Å². The third kappa shape index (κ3) is 8.59. The summed E-state index contributed by atoms with van der Waals surface area (Å²) in [5.74, 6) is -7.46. The summed E-state index contributed by atoms with van der Waals surface area (Å²) in [5, 5.41) is 60.8. The average Bonchev–Trinajstić information content (AvgIpc) is 3.73. The second-order valence-corrected chi connectivity index (χ2v) is 18.0. The topological polar surface area (TPSA) is 229 Å². The van der Waals surface area contributed by atoms with Crippen molar-refractivity contribution in [2.45, 2.75) is 111 Å². The summed E-state index contributed by atoms with van der Waals surface area (Å²) in [4.78, 5) is 52.9. The summed E-state index contributed by atoms with van der Waals surface area (Å²) >= 11 is 0. The van der Waals surface area contributed by atoms with Gasteiger partial charge in [0.25, 0.3) is 11.7 Å². The van der Waals surface area contributed by atoms with E-state index in [0.29, 0.717) is 37.5 Å². The first kappa shape index (κ1) is 46.6. The molecule has 0 unspecified atom stereocenters. The average molecular weight is 863 g/mol. The van der Waals surface area contributed by atoms with Crippen LogP contribution in [0.2, 0.25) is 0 Å². The van der Waals surface area contributed by atoms with Crippen molar-refractivity contribution in [3.63, 3.8) is 0 Å². The second-order valence-electron chi connectivity index (χ2n) is 18.0. The molecule has 1 fully saturated rings. The predicted molar refractivity (Wildman–Crippen MR) is 229 cm³/mol. The van der Waals surface area contributed by atoms with Gasteiger partial charge >= 0.3 is 11.8 Å². The summed E-state index contributed by atoms with van der Waals surface area (Å²) in [6, 6.07) is 0. The molecule has 2 aromatic rings. The SMILES string of the molecule is CO[C@H]1C=CO[C@@]2(C)Oc3c(C)c(O)c4c(O)c(c5c(c4c3C2=O)NC2(CCN(CC(C)C)CC2)N=5)=NC(=O)C(C)=CC=C[C@H](CO)[C@H](O)[C@@H](C)[C@@H](O)[C@@H](C)[C@H](OC(C)=O)[C@@H]1C. The molecule has 0 radical (unpaired) electrons. The molecule has 2 aromatic carbocycles. The van der Waals surface area contributed by atoms with Crippen LogP contribution in [-0.2, 0) is 23.8 Å². The van der Waals surface area contributed by atoms with Crippen LogP contribution in [0.25, 0.3) is 10.8 Å². The Labute approximate surface area is 361 Å². The molecule has 6 rings (SSSR count). The van der Waals surface area contributed by atoms with Crippen molar-refractivity contribution in [2.24, 2.45) is 39.6 Å². The molecular weight excluding hydrogens is 801 g/mol. The maximum atomic E-state index is 14.7. The number of piperidine rings is 1. The van der Waals surface area contributed by atoms with E-state index < -0.39 is 95.3 Å². The number of hydrogen-bond acceptors (Lipinski definition) is 15. The summed E-state index contributed by atoms with van der Waals surface area (Å²) < 4.78 is 23.9. The van der Waals surface area contributed by atoms with Crippen LogP contribution in [0.3, 0.4) is 0 Å². The lowest BCUT2D eigenvalue weighted by Gasteiger charge is -2.38. The number of Topliss-reactive ketones (excluding diaryl/α,β-unsaturated/α-hetero) is 1. The van der Waals surface area contributed by atoms with E-state index >= 15 is 0 Å². The van der Waals surface area contributed by atoms with Crippen LogP contribution >= 0.6 is 0 Å². The molecule has 338 valence electrons. The number of amides is 1. The third-order valence-electron chi connectivity index (χ3n) is 13.0. The van der Waals surface area contributed by atoms with Crippen LogP contribution in [-0.4, -0.2) is 117 Å². The largest absolute Gasteiger partial charge is 0.507 e. The van der Waals surface area contributed by atoms with Gasteiger partial charge in [0.1, 0.15) is 34.0 Å². The molecule has 0 saturated carbocycles. The van der Waals surface area contributed by atoms with Gasteiger partial charge in [-0.3, -0.25) is 19.4 Å². The Hall–Kier alpha value is -4.87. The minimum absolute atomic E-state index is 0.0347. The van der Waals surface area contributed by atoms with Gasteiger partial charge in [-0.05, 0) is 25.8 Å². The number of carbonyl (C=O) groups excluding carboxylic acids is 3. The normalized spacial score (nSPS) is 30.5. The smallest absolute Gasteiger partial charge is 0.312 e. The molecule has 4 aliphatic rings. The summed E-state index contributed by atoms with van der Waals surface area (Å²) in [6.07, 6.45) is 4.12. The van der Waals surface area contributed by atoms with Crippen LogP contribution in [0.1, 0.15) is 84.2 Å². The van der Waals surface area contributed by atoms with Crippen LogP contribution in [0, 0.1) is 36.5 Å². The number of likely N-dealkylation sites (tertiary alicyclic amines) is 1. The Bertz CT molecular complexity index is 2320. The molecule has 6 N–H and O–H groups in total. The van der Waals surface area contributed by atoms with Gasteiger partial charge in [-0.15, -0.1) is 0 Å². The van der Waals surface area contributed by atoms with Crippen molar-refractivity contribution in [1.82, 2.24) is 4.90 Å². The highest BCUT2D eigenvalue weighted by atomic mass is 16.7. The zero-order valence-corrected chi connectivity index (χ0v) is 37.3. The summed E-state index contributed by atoms with van der Waals surface area (Å²) in [5.41, 5.74) is -0.275. The fourth-order valence-corrected chi connectivity index (χ4v) is 9.29. The van der Waals surface area contributed by atoms with E-state index in [-0.39, 0.29) is 43.9 Å². The van der Waals surface area contributed by atoms with E-state index in [1.54, 1.807) is 20.8 Å². The summed E-state index contributed by atoms with van der Waals surface area (Å²) in [7, 11) is 1.44. The van der Waals surface area contributed by atoms with Crippen molar-refractivity contribution in [1.29, 1.82) is 0 Å². The maximum Gasteiger partial charge on any atom is 0.312 e. The minimum Gasteiger partial charge on any atom is -0.507 e. The highest BCUT2D eigenvalue weighted by molar-refractivity contribution is 6.21. The molecule has 16 nitrogen and oxygen atoms in total. The number of phenolic OH excluding ortho intramolecular Hbond substituents is 2. The first-order valence-corrected chi connectivity index (χ1v) is 21.4. The first-order chi connectivity index (χ1) is 29.2. The van der Waals surface area contributed by atoms with E-state index in [9.17, 15) is 39.9 Å². The number of ether oxygens (including phenoxy) is 4. The van der Waals surface area contributed by atoms with Crippen LogP contribution < -0.4 is 20.8 Å². The lowest BCUT2D eigenvalue weighted by atomic mass is 9.78. The predicted octanol–water partition coefficient (Wildman–Crippen LogP) is 3.72. The van der Waals surface area contributed by atoms with E-state index in [1.165, 1.54) is 65.4 Å². The van der Waals surface area contributed by atoms with Gasteiger partial charge in [0.2, 0.25) is 0 Å². The number of allylic oxidation sites excluding steroid dienone is 2. The van der Waals surface area contributed by atoms with E-state index in [4.69, 9.17) is 23.9 Å². The highest BCUT2D eigenvalue weighted by Gasteiger charge is 2.51. The van der Waals surface area contributed by atoms with Gasteiger partial charge in [-0.2, -0.15) is 0 Å². The molecule has 9 atom stereocenters. The van der Waals surface area contributed by atoms with Crippen LogP contribution in [0.4, 0.5) is 5.69 Å². The highest BCUT2D eigenvalue weighted by Crippen LogP contribution is 2.51. The van der Waals surface area contributed by atoms with Crippen LogP contribution in [0.15, 0.2) is 46.1 Å². The standard InChI is InChI=1S/C46H62N4O12/c1-22(2)20-50-17-15-46(16-18-50)48-34-31-32-39(55)27(7)42-33(31)43(57)45(9,62-42)60-19-14-30(59-10)24(4)41(61-28(8)52)26(6)37(53)25(5)38(54)29(21-51)13-11-12-23(3)44(58)47-36(40(32)56)35(34)49-46/h11-14,19,22,24-26,29-30,37-38,41,48,51,53-56H,15-18,20-21H2,1-10H3/t24-,25+,26-,29-,30+,37-,38-,41-,45+/m1/s1. The number of nitrogens with one attached hydrogen (secondary N) is 1. The molecule has 4 aliphatic heterocycles. The lowest BCUT2D eigenvalue weighted by molar-refractivity contribution is -0.160. The number of methoxy groups -OCH3 is 1. The van der Waals surface area contributed by atoms with Gasteiger partial charge < -0.3 is 54.7 Å². The third-order valence-corrected chi connectivity index (χ3v) is 13.0. The molecule has 1 spiro atoms. The maximum absolute atomic E-state index is 14.7. The number of aliphatic hydroxyl groups excluding tert-OH is 3. The van der Waals surface area contributed by atoms with Gasteiger partial charge in [0.05, 0.1) is 47.8 Å². The molecule has 0 aromatic heterocycles. The van der Waals surface area contributed by atoms with Crippen molar-refractivity contribution >= 4 is 34.1 Å². The minimum atomic E-state index is -1.97. The zero-order valence-electron chi connectivity index (χ0n) is 37.3. The van der Waals surface area contributed by atoms with E-state index in [1.807, 2.05) is 0 Å². The fraction of sp³-hybridized carbons (Fsp3) is 0.587. The van der Waals surface area contributed by atoms with Gasteiger partial charge in [-0.25, -0.2) is 4.99 Å². The number of esters is 1. The van der Waals surface area contributed by atoms with Gasteiger partial charge in [-0.1, -0.05) is 52.8 Å². The fourth-order valence-electron chi connectivity index (χ4n) is 9.29. The number of rotatable bonds is 5. The number of ketones is 1. The Morgan fingerprint density at radius 3 is 2.29 bits per heavy atom. The number of aliphatic hydroxyl groups is 3. The van der Waals surface area contributed by atoms with E-state index in [0.717, 1.165) is 6.54 Å². The Morgan fingerprint density at radius 1 is 1.00 bits per heavy atom. The number of fused-ring (bicyclic) bond motifs is 1. The molecule has 1 saturated heterocycles. The Kier molecular flexibility index (Phi) is 13.6. The number of aromatic hydroxyl groups is 2. The second kappa shape index (κ2) is 18.1. The molecule has 16 heteroatoms. The Balaban J connectivity index is 1.56. The number of hydrogen-bond donors (Lipinski definition) is 6. The van der Waals surface area contributed by atoms with Crippen molar-refractivity contribution in [2.75, 3.05) is 38.7 Å². The number of phenols is 2. The molecule has 4 bridgehead atoms. The number of carbonyl (C=O) groups is 3. The van der Waals surface area contributed by atoms with Gasteiger partial charge in [0, 0.05) is 93.6 Å². The molecule has 62 heavy (non-hydrogen) atoms. The monoisotopic (exact) mass is 862 g/mol. The molecule has 1 amide bonds. The van der Waals surface area contributed by atoms with Gasteiger partial charge in [0.15, 0.2) is 5.75 Å². The number of benzene rings is 2. The molecule has 4 heterocycles. The first-order valence-electron chi connectivity index (χ1n) is 21.4. The lowest BCUT2D eigenvalue weighted by Crippen LogP contribution is -2.47.